The summed E-state index contributed by atoms with van der Waals surface area (Å²) in [5, 5.41) is 3.97. The molecule has 23 heavy (non-hydrogen) atoms. The largest absolute Gasteiger partial charge is 0.426 e. The van der Waals surface area contributed by atoms with Crippen molar-refractivity contribution in [3.05, 3.63) is 41.0 Å². The van der Waals surface area contributed by atoms with E-state index in [1.807, 2.05) is 52.8 Å². The number of carbonyl (C=O) groups excluding carboxylic acids is 1. The van der Waals surface area contributed by atoms with Crippen molar-refractivity contribution in [1.29, 1.82) is 0 Å². The van der Waals surface area contributed by atoms with Crippen molar-refractivity contribution in [2.24, 2.45) is 0 Å². The Bertz CT molecular complexity index is 684. The number of ether oxygens (including phenoxy) is 1. The average Bonchev–Trinajstić information content (AvgIpc) is 2.93. The summed E-state index contributed by atoms with van der Waals surface area (Å²) in [7, 11) is 0. The van der Waals surface area contributed by atoms with Crippen molar-refractivity contribution in [2.45, 2.75) is 59.3 Å². The van der Waals surface area contributed by atoms with E-state index in [1.165, 1.54) is 0 Å². The average molecular weight is 316 g/mol. The van der Waals surface area contributed by atoms with Gasteiger partial charge in [-0.05, 0) is 37.5 Å². The first-order valence-corrected chi connectivity index (χ1v) is 7.87. The van der Waals surface area contributed by atoms with Crippen LogP contribution in [0, 0.1) is 13.8 Å². The maximum atomic E-state index is 11.9. The SMILES string of the molecule is Cc1cccc(OC(=O)CCCc2nc(C(C)(C)C)no2)c1C. The van der Waals surface area contributed by atoms with Gasteiger partial charge in [0.1, 0.15) is 5.75 Å². The molecular weight excluding hydrogens is 292 g/mol. The van der Waals surface area contributed by atoms with Crippen LogP contribution in [0.5, 0.6) is 5.75 Å². The highest BCUT2D eigenvalue weighted by Gasteiger charge is 2.20. The molecule has 1 aromatic heterocycles. The Kier molecular flexibility index (Phi) is 5.19. The highest BCUT2D eigenvalue weighted by molar-refractivity contribution is 5.72. The molecule has 0 bridgehead atoms. The van der Waals surface area contributed by atoms with Crippen molar-refractivity contribution < 1.29 is 14.1 Å². The van der Waals surface area contributed by atoms with Crippen LogP contribution in [0.3, 0.4) is 0 Å². The lowest BCUT2D eigenvalue weighted by atomic mass is 9.96. The van der Waals surface area contributed by atoms with E-state index < -0.39 is 0 Å². The standard InChI is InChI=1S/C18H24N2O3/c1-12-8-6-9-14(13(12)2)22-16(21)11-7-10-15-19-17(20-23-15)18(3,4)5/h6,8-9H,7,10-11H2,1-5H3. The predicted octanol–water partition coefficient (Wildman–Crippen LogP) is 3.91. The predicted molar refractivity (Wildman–Crippen MR) is 87.5 cm³/mol. The number of hydrogen-bond donors (Lipinski definition) is 0. The molecule has 0 spiro atoms. The fourth-order valence-corrected chi connectivity index (χ4v) is 2.05. The van der Waals surface area contributed by atoms with Crippen LogP contribution >= 0.6 is 0 Å². The zero-order valence-electron chi connectivity index (χ0n) is 14.5. The lowest BCUT2D eigenvalue weighted by Crippen LogP contribution is -2.13. The van der Waals surface area contributed by atoms with Gasteiger partial charge in [-0.15, -0.1) is 0 Å². The van der Waals surface area contributed by atoms with Crippen LogP contribution < -0.4 is 4.74 Å². The summed E-state index contributed by atoms with van der Waals surface area (Å²) >= 11 is 0. The van der Waals surface area contributed by atoms with E-state index >= 15 is 0 Å². The van der Waals surface area contributed by atoms with Gasteiger partial charge in [-0.3, -0.25) is 4.79 Å². The molecule has 0 N–H and O–H groups in total. The van der Waals surface area contributed by atoms with Crippen molar-refractivity contribution in [1.82, 2.24) is 10.1 Å². The maximum Gasteiger partial charge on any atom is 0.311 e. The van der Waals surface area contributed by atoms with Gasteiger partial charge in [0.25, 0.3) is 0 Å². The molecule has 0 saturated carbocycles. The second-order valence-corrected chi connectivity index (χ2v) is 6.79. The van der Waals surface area contributed by atoms with Crippen molar-refractivity contribution in [3.8, 4) is 5.75 Å². The van der Waals surface area contributed by atoms with Gasteiger partial charge < -0.3 is 9.26 Å². The van der Waals surface area contributed by atoms with Crippen LogP contribution in [0.1, 0.15) is 56.5 Å². The summed E-state index contributed by atoms with van der Waals surface area (Å²) in [6.07, 6.45) is 1.51. The molecular formula is C18H24N2O3. The van der Waals surface area contributed by atoms with E-state index in [0.29, 0.717) is 36.7 Å². The van der Waals surface area contributed by atoms with Crippen LogP contribution in [0.4, 0.5) is 0 Å². The lowest BCUT2D eigenvalue weighted by molar-refractivity contribution is -0.134. The number of hydrogen-bond acceptors (Lipinski definition) is 5. The third-order valence-electron chi connectivity index (χ3n) is 3.69. The fraction of sp³-hybridized carbons (Fsp3) is 0.500. The molecule has 5 nitrogen and oxygen atoms in total. The van der Waals surface area contributed by atoms with Crippen LogP contribution in [0.15, 0.2) is 22.7 Å². The smallest absolute Gasteiger partial charge is 0.311 e. The zero-order chi connectivity index (χ0) is 17.0. The normalized spacial score (nSPS) is 11.5. The van der Waals surface area contributed by atoms with E-state index in [0.717, 1.165) is 11.1 Å². The first-order chi connectivity index (χ1) is 10.8. The molecule has 124 valence electrons. The molecule has 0 aliphatic carbocycles. The van der Waals surface area contributed by atoms with Gasteiger partial charge in [-0.1, -0.05) is 38.1 Å². The first kappa shape index (κ1) is 17.2. The zero-order valence-corrected chi connectivity index (χ0v) is 14.5. The molecule has 0 radical (unpaired) electrons. The van der Waals surface area contributed by atoms with Crippen LogP contribution in [-0.2, 0) is 16.6 Å². The number of benzene rings is 1. The number of carbonyl (C=O) groups is 1. The van der Waals surface area contributed by atoms with Crippen LogP contribution in [0.25, 0.3) is 0 Å². The molecule has 0 amide bonds. The van der Waals surface area contributed by atoms with Crippen molar-refractivity contribution >= 4 is 5.97 Å². The highest BCUT2D eigenvalue weighted by atomic mass is 16.5. The van der Waals surface area contributed by atoms with E-state index in [2.05, 4.69) is 10.1 Å². The third kappa shape index (κ3) is 4.65. The summed E-state index contributed by atoms with van der Waals surface area (Å²) in [6.45, 7) is 10.0. The molecule has 0 atom stereocenters. The first-order valence-electron chi connectivity index (χ1n) is 7.87. The van der Waals surface area contributed by atoms with E-state index in [4.69, 9.17) is 9.26 Å². The number of rotatable bonds is 5. The summed E-state index contributed by atoms with van der Waals surface area (Å²) < 4.78 is 10.6. The van der Waals surface area contributed by atoms with Crippen LogP contribution in [-0.4, -0.2) is 16.1 Å². The molecule has 2 rings (SSSR count). The third-order valence-corrected chi connectivity index (χ3v) is 3.69. The summed E-state index contributed by atoms with van der Waals surface area (Å²) in [5.41, 5.74) is 1.96. The monoisotopic (exact) mass is 316 g/mol. The number of nitrogens with zero attached hydrogens (tertiary/aromatic N) is 2. The van der Waals surface area contributed by atoms with E-state index in [-0.39, 0.29) is 11.4 Å². The lowest BCUT2D eigenvalue weighted by Gasteiger charge is -2.10. The van der Waals surface area contributed by atoms with E-state index in [9.17, 15) is 4.79 Å². The number of aryl methyl sites for hydroxylation is 2. The minimum absolute atomic E-state index is 0.136. The Labute approximate surface area is 137 Å². The Morgan fingerprint density at radius 1 is 1.26 bits per heavy atom. The Morgan fingerprint density at radius 2 is 2.00 bits per heavy atom. The van der Waals surface area contributed by atoms with Gasteiger partial charge in [0.15, 0.2) is 5.82 Å². The highest BCUT2D eigenvalue weighted by Crippen LogP contribution is 2.21. The molecule has 1 heterocycles. The molecule has 5 heteroatoms. The second-order valence-electron chi connectivity index (χ2n) is 6.79. The topological polar surface area (TPSA) is 65.2 Å². The van der Waals surface area contributed by atoms with Gasteiger partial charge >= 0.3 is 5.97 Å². The number of aromatic nitrogens is 2. The summed E-state index contributed by atoms with van der Waals surface area (Å²) in [4.78, 5) is 16.3. The maximum absolute atomic E-state index is 11.9. The van der Waals surface area contributed by atoms with Gasteiger partial charge in [-0.2, -0.15) is 4.98 Å². The van der Waals surface area contributed by atoms with Gasteiger partial charge in [0, 0.05) is 18.3 Å². The Morgan fingerprint density at radius 3 is 2.65 bits per heavy atom. The Balaban J connectivity index is 1.83. The number of esters is 1. The van der Waals surface area contributed by atoms with E-state index in [1.54, 1.807) is 0 Å². The molecule has 0 aliphatic heterocycles. The Hall–Kier alpha value is -2.17. The molecule has 0 fully saturated rings. The van der Waals surface area contributed by atoms with Gasteiger partial charge in [0.05, 0.1) is 0 Å². The summed E-state index contributed by atoms with van der Waals surface area (Å²) in [5.74, 6) is 1.64. The minimum atomic E-state index is -0.241. The molecule has 0 aliphatic rings. The van der Waals surface area contributed by atoms with Crippen molar-refractivity contribution in [2.75, 3.05) is 0 Å². The van der Waals surface area contributed by atoms with Gasteiger partial charge in [0.2, 0.25) is 5.89 Å². The van der Waals surface area contributed by atoms with Crippen LogP contribution in [0.2, 0.25) is 0 Å². The fourth-order valence-electron chi connectivity index (χ4n) is 2.05. The molecule has 0 saturated heterocycles. The van der Waals surface area contributed by atoms with Gasteiger partial charge in [-0.25, -0.2) is 0 Å². The molecule has 2 aromatic rings. The van der Waals surface area contributed by atoms with Crippen molar-refractivity contribution in [3.63, 3.8) is 0 Å². The molecule has 1 aromatic carbocycles. The second kappa shape index (κ2) is 6.94. The molecule has 0 unspecified atom stereocenters. The summed E-state index contributed by atoms with van der Waals surface area (Å²) in [6, 6.07) is 5.69. The minimum Gasteiger partial charge on any atom is -0.426 e. The quantitative estimate of drug-likeness (QED) is 0.618.